The van der Waals surface area contributed by atoms with Crippen molar-refractivity contribution in [3.05, 3.63) is 22.4 Å². The number of urea groups is 1. The molecule has 1 saturated heterocycles. The molecule has 0 aliphatic carbocycles. The first-order chi connectivity index (χ1) is 10.0. The van der Waals surface area contributed by atoms with Crippen molar-refractivity contribution in [2.75, 3.05) is 19.8 Å². The number of nitrogens with one attached hydrogen (secondary N) is 1. The van der Waals surface area contributed by atoms with Crippen LogP contribution in [0.3, 0.4) is 0 Å². The van der Waals surface area contributed by atoms with E-state index in [0.29, 0.717) is 6.61 Å². The second kappa shape index (κ2) is 6.91. The number of rotatable bonds is 4. The average Bonchev–Trinajstić information content (AvgIpc) is 2.97. The van der Waals surface area contributed by atoms with Gasteiger partial charge in [0.2, 0.25) is 0 Å². The van der Waals surface area contributed by atoms with Gasteiger partial charge in [0.05, 0.1) is 19.3 Å². The van der Waals surface area contributed by atoms with Gasteiger partial charge in [-0.15, -0.1) is 11.3 Å². The van der Waals surface area contributed by atoms with Gasteiger partial charge in [-0.1, -0.05) is 19.9 Å². The Kier molecular flexibility index (Phi) is 5.19. The molecule has 1 aliphatic rings. The predicted octanol–water partition coefficient (Wildman–Crippen LogP) is 1.94. The number of morpholine rings is 1. The third-order valence-electron chi connectivity index (χ3n) is 3.47. The highest BCUT2D eigenvalue weighted by Gasteiger charge is 2.34. The normalized spacial score (nSPS) is 20.3. The van der Waals surface area contributed by atoms with Gasteiger partial charge in [0.1, 0.15) is 0 Å². The van der Waals surface area contributed by atoms with Crippen molar-refractivity contribution in [3.63, 3.8) is 0 Å². The molecule has 1 aromatic heterocycles. The first-order valence-corrected chi connectivity index (χ1v) is 7.79. The van der Waals surface area contributed by atoms with E-state index in [0.717, 1.165) is 4.88 Å². The Hall–Kier alpha value is -1.60. The van der Waals surface area contributed by atoms with Crippen molar-refractivity contribution in [1.29, 1.82) is 0 Å². The van der Waals surface area contributed by atoms with Crippen molar-refractivity contribution < 1.29 is 19.4 Å². The Balaban J connectivity index is 2.09. The minimum atomic E-state index is -1.04. The predicted molar refractivity (Wildman–Crippen MR) is 79.4 cm³/mol. The van der Waals surface area contributed by atoms with Gasteiger partial charge < -0.3 is 20.1 Å². The van der Waals surface area contributed by atoms with Crippen LogP contribution in [0.1, 0.15) is 24.8 Å². The summed E-state index contributed by atoms with van der Waals surface area (Å²) >= 11 is 1.58. The van der Waals surface area contributed by atoms with Crippen LogP contribution < -0.4 is 5.32 Å². The Morgan fingerprint density at radius 2 is 2.29 bits per heavy atom. The Bertz CT molecular complexity index is 489. The number of amides is 2. The van der Waals surface area contributed by atoms with E-state index < -0.39 is 12.0 Å². The van der Waals surface area contributed by atoms with Gasteiger partial charge >= 0.3 is 12.0 Å². The Labute approximate surface area is 127 Å². The van der Waals surface area contributed by atoms with Gasteiger partial charge in [0.15, 0.2) is 6.04 Å². The van der Waals surface area contributed by atoms with E-state index >= 15 is 0 Å². The molecule has 0 bridgehead atoms. The molecule has 1 fully saturated rings. The second-order valence-corrected chi connectivity index (χ2v) is 6.29. The third kappa shape index (κ3) is 3.74. The molecule has 2 atom stereocenters. The lowest BCUT2D eigenvalue weighted by Crippen LogP contribution is -2.56. The average molecular weight is 312 g/mol. The summed E-state index contributed by atoms with van der Waals surface area (Å²) in [5, 5.41) is 14.1. The zero-order valence-electron chi connectivity index (χ0n) is 12.1. The maximum absolute atomic E-state index is 12.4. The molecule has 7 heteroatoms. The number of thiophene rings is 1. The highest BCUT2D eigenvalue weighted by molar-refractivity contribution is 7.10. The zero-order valence-corrected chi connectivity index (χ0v) is 12.9. The van der Waals surface area contributed by atoms with Crippen molar-refractivity contribution >= 4 is 23.3 Å². The van der Waals surface area contributed by atoms with Crippen LogP contribution in [0.2, 0.25) is 0 Å². The lowest BCUT2D eigenvalue weighted by atomic mass is 10.0. The summed E-state index contributed by atoms with van der Waals surface area (Å²) in [5.74, 6) is -0.820. The van der Waals surface area contributed by atoms with Gasteiger partial charge in [0, 0.05) is 11.4 Å². The fourth-order valence-corrected chi connectivity index (χ4v) is 3.25. The molecule has 2 N–H and O–H groups in total. The first-order valence-electron chi connectivity index (χ1n) is 6.91. The molecule has 2 rings (SSSR count). The number of aliphatic carboxylic acids is 1. The zero-order chi connectivity index (χ0) is 15.4. The molecular formula is C14H20N2O4S. The lowest BCUT2D eigenvalue weighted by Gasteiger charge is -2.34. The SMILES string of the molecule is CC(C)C(NC(=O)N1CCOCC1C(=O)O)c1cccs1. The molecule has 2 unspecified atom stereocenters. The largest absolute Gasteiger partial charge is 0.480 e. The molecule has 1 aromatic rings. The summed E-state index contributed by atoms with van der Waals surface area (Å²) < 4.78 is 5.15. The number of hydrogen-bond acceptors (Lipinski definition) is 4. The topological polar surface area (TPSA) is 78.9 Å². The van der Waals surface area contributed by atoms with E-state index in [2.05, 4.69) is 5.32 Å². The summed E-state index contributed by atoms with van der Waals surface area (Å²) in [6, 6.07) is 2.53. The van der Waals surface area contributed by atoms with Crippen LogP contribution in [0.15, 0.2) is 17.5 Å². The molecule has 1 aliphatic heterocycles. The number of carbonyl (C=O) groups excluding carboxylic acids is 1. The van der Waals surface area contributed by atoms with E-state index in [1.54, 1.807) is 11.3 Å². The highest BCUT2D eigenvalue weighted by Crippen LogP contribution is 2.26. The lowest BCUT2D eigenvalue weighted by molar-refractivity contribution is -0.147. The van der Waals surface area contributed by atoms with Gasteiger partial charge in [-0.25, -0.2) is 9.59 Å². The molecule has 2 heterocycles. The molecule has 0 spiro atoms. The number of carboxylic acid groups (broad SMARTS) is 1. The molecule has 116 valence electrons. The minimum Gasteiger partial charge on any atom is -0.480 e. The number of nitrogens with zero attached hydrogens (tertiary/aromatic N) is 1. The fourth-order valence-electron chi connectivity index (χ4n) is 2.30. The summed E-state index contributed by atoms with van der Waals surface area (Å²) in [7, 11) is 0. The van der Waals surface area contributed by atoms with Crippen LogP contribution in [-0.2, 0) is 9.53 Å². The summed E-state index contributed by atoms with van der Waals surface area (Å²) in [5.41, 5.74) is 0. The van der Waals surface area contributed by atoms with Crippen molar-refractivity contribution in [1.82, 2.24) is 10.2 Å². The maximum Gasteiger partial charge on any atom is 0.328 e. The number of ether oxygens (including phenoxy) is 1. The van der Waals surface area contributed by atoms with E-state index in [-0.39, 0.29) is 31.1 Å². The van der Waals surface area contributed by atoms with Crippen LogP contribution in [0.4, 0.5) is 4.79 Å². The van der Waals surface area contributed by atoms with Crippen LogP contribution >= 0.6 is 11.3 Å². The Morgan fingerprint density at radius 3 is 2.86 bits per heavy atom. The molecule has 0 saturated carbocycles. The van der Waals surface area contributed by atoms with Gasteiger partial charge in [0.25, 0.3) is 0 Å². The molecule has 21 heavy (non-hydrogen) atoms. The van der Waals surface area contributed by atoms with E-state index in [1.165, 1.54) is 4.90 Å². The standard InChI is InChI=1S/C14H20N2O4S/c1-9(2)12(11-4-3-7-21-11)15-14(19)16-5-6-20-8-10(16)13(17)18/h3-4,7,9-10,12H,5-6,8H2,1-2H3,(H,15,19)(H,17,18). The molecule has 0 aromatic carbocycles. The van der Waals surface area contributed by atoms with E-state index in [4.69, 9.17) is 4.74 Å². The van der Waals surface area contributed by atoms with Gasteiger partial charge in [-0.3, -0.25) is 0 Å². The monoisotopic (exact) mass is 312 g/mol. The van der Waals surface area contributed by atoms with E-state index in [9.17, 15) is 14.7 Å². The van der Waals surface area contributed by atoms with E-state index in [1.807, 2.05) is 31.4 Å². The van der Waals surface area contributed by atoms with Gasteiger partial charge in [-0.05, 0) is 17.4 Å². The van der Waals surface area contributed by atoms with Gasteiger partial charge in [-0.2, -0.15) is 0 Å². The summed E-state index contributed by atoms with van der Waals surface area (Å²) in [6.45, 7) is 4.74. The number of carbonyl (C=O) groups is 2. The quantitative estimate of drug-likeness (QED) is 0.890. The molecule has 6 nitrogen and oxygen atoms in total. The van der Waals surface area contributed by atoms with Crippen molar-refractivity contribution in [3.8, 4) is 0 Å². The van der Waals surface area contributed by atoms with Crippen LogP contribution in [0, 0.1) is 5.92 Å². The minimum absolute atomic E-state index is 0.0358. The molecular weight excluding hydrogens is 292 g/mol. The van der Waals surface area contributed by atoms with Crippen LogP contribution in [0.25, 0.3) is 0 Å². The smallest absolute Gasteiger partial charge is 0.328 e. The van der Waals surface area contributed by atoms with Crippen molar-refractivity contribution in [2.24, 2.45) is 5.92 Å². The number of hydrogen-bond donors (Lipinski definition) is 2. The summed E-state index contributed by atoms with van der Waals surface area (Å²) in [6.07, 6.45) is 0. The first kappa shape index (κ1) is 15.8. The third-order valence-corrected chi connectivity index (χ3v) is 4.43. The van der Waals surface area contributed by atoms with Crippen molar-refractivity contribution in [2.45, 2.75) is 25.9 Å². The van der Waals surface area contributed by atoms with Crippen LogP contribution in [-0.4, -0.2) is 47.8 Å². The maximum atomic E-state index is 12.4. The Morgan fingerprint density at radius 1 is 1.52 bits per heavy atom. The number of carboxylic acids is 1. The van der Waals surface area contributed by atoms with Crippen LogP contribution in [0.5, 0.6) is 0 Å². The second-order valence-electron chi connectivity index (χ2n) is 5.31. The molecule has 2 amide bonds. The fraction of sp³-hybridized carbons (Fsp3) is 0.571. The molecule has 0 radical (unpaired) electrons. The summed E-state index contributed by atoms with van der Waals surface area (Å²) in [4.78, 5) is 26.1. The highest BCUT2D eigenvalue weighted by atomic mass is 32.1.